The first-order valence-electron chi connectivity index (χ1n) is 11.7. The minimum absolute atomic E-state index is 0.0419. The standard InChI is InChI=1S/C28H26N2O5S/c1-16-20-7-8-22-25-23(28(35)30(27(22)34)19(15-32)12-14-36-2)10-9-21(24(20)25)26(33)29(16)18-5-3-17(4-6-18)11-13-31/h3-10,19,31-32H,1,11-15H2,2H3. The van der Waals surface area contributed by atoms with Gasteiger partial charge in [0.05, 0.1) is 12.6 Å². The zero-order chi connectivity index (χ0) is 25.6. The number of benzene rings is 3. The van der Waals surface area contributed by atoms with E-state index in [0.717, 1.165) is 10.5 Å². The van der Waals surface area contributed by atoms with Gasteiger partial charge in [-0.15, -0.1) is 0 Å². The van der Waals surface area contributed by atoms with Crippen molar-refractivity contribution in [2.45, 2.75) is 18.9 Å². The molecule has 8 heteroatoms. The zero-order valence-corrected chi connectivity index (χ0v) is 20.7. The van der Waals surface area contributed by atoms with Gasteiger partial charge in [0.15, 0.2) is 0 Å². The van der Waals surface area contributed by atoms with E-state index in [0.29, 0.717) is 62.3 Å². The van der Waals surface area contributed by atoms with Crippen molar-refractivity contribution in [2.24, 2.45) is 0 Å². The fourth-order valence-corrected chi connectivity index (χ4v) is 5.60. The number of pyridine rings is 1. The van der Waals surface area contributed by atoms with E-state index < -0.39 is 17.9 Å². The van der Waals surface area contributed by atoms with Crippen LogP contribution in [0.25, 0.3) is 33.8 Å². The summed E-state index contributed by atoms with van der Waals surface area (Å²) in [4.78, 5) is 41.8. The van der Waals surface area contributed by atoms with Gasteiger partial charge in [-0.3, -0.25) is 23.9 Å². The summed E-state index contributed by atoms with van der Waals surface area (Å²) in [6, 6.07) is 13.4. The average Bonchev–Trinajstić information content (AvgIpc) is 2.89. The molecule has 4 aromatic rings. The molecule has 3 aromatic carbocycles. The van der Waals surface area contributed by atoms with Crippen LogP contribution in [0.5, 0.6) is 0 Å². The van der Waals surface area contributed by atoms with E-state index in [4.69, 9.17) is 0 Å². The summed E-state index contributed by atoms with van der Waals surface area (Å²) >= 11 is 1.58. The number of carbonyl (C=O) groups is 2. The quantitative estimate of drug-likeness (QED) is 0.359. The molecule has 0 fully saturated rings. The maximum Gasteiger partial charge on any atom is 0.263 e. The minimum atomic E-state index is -0.617. The molecule has 184 valence electrons. The summed E-state index contributed by atoms with van der Waals surface area (Å²) in [7, 11) is 0. The molecule has 1 atom stereocenters. The van der Waals surface area contributed by atoms with Gasteiger partial charge in [0.1, 0.15) is 0 Å². The topological polar surface area (TPSA) is 99.8 Å². The van der Waals surface area contributed by atoms with Crippen LogP contribution in [0.1, 0.15) is 32.7 Å². The highest BCUT2D eigenvalue weighted by atomic mass is 32.2. The number of nitrogens with zero attached hydrogens (tertiary/aromatic N) is 2. The number of rotatable bonds is 8. The van der Waals surface area contributed by atoms with E-state index in [-0.39, 0.29) is 18.8 Å². The number of thioether (sulfide) groups is 1. The van der Waals surface area contributed by atoms with Crippen molar-refractivity contribution >= 4 is 51.7 Å². The predicted molar refractivity (Wildman–Crippen MR) is 143 cm³/mol. The fourth-order valence-electron chi connectivity index (χ4n) is 5.09. The van der Waals surface area contributed by atoms with Crippen LogP contribution >= 0.6 is 11.8 Å². The molecule has 1 aliphatic rings. The molecule has 2 N–H and O–H groups in total. The van der Waals surface area contributed by atoms with Crippen LogP contribution in [0, 0.1) is 0 Å². The third-order valence-corrected chi connectivity index (χ3v) is 7.54. The van der Waals surface area contributed by atoms with Crippen LogP contribution < -0.4 is 10.9 Å². The van der Waals surface area contributed by atoms with Crippen LogP contribution in [0.2, 0.25) is 0 Å². The Morgan fingerprint density at radius 3 is 2.11 bits per heavy atom. The summed E-state index contributed by atoms with van der Waals surface area (Å²) in [5.41, 5.74) is 1.99. The molecule has 0 bridgehead atoms. The highest BCUT2D eigenvalue weighted by Crippen LogP contribution is 2.35. The molecular weight excluding hydrogens is 476 g/mol. The summed E-state index contributed by atoms with van der Waals surface area (Å²) in [5.74, 6) is -0.222. The lowest BCUT2D eigenvalue weighted by Crippen LogP contribution is -2.49. The largest absolute Gasteiger partial charge is 0.396 e. The smallest absolute Gasteiger partial charge is 0.263 e. The van der Waals surface area contributed by atoms with Crippen molar-refractivity contribution in [1.82, 2.24) is 9.47 Å². The van der Waals surface area contributed by atoms with Gasteiger partial charge in [0.2, 0.25) is 0 Å². The van der Waals surface area contributed by atoms with E-state index >= 15 is 0 Å². The lowest BCUT2D eigenvalue weighted by molar-refractivity contribution is 0.0467. The second-order valence-electron chi connectivity index (χ2n) is 8.90. The molecule has 36 heavy (non-hydrogen) atoms. The average molecular weight is 503 g/mol. The summed E-state index contributed by atoms with van der Waals surface area (Å²) in [5, 5.41) is 21.7. The summed E-state index contributed by atoms with van der Waals surface area (Å²) < 4.78 is 1.53. The molecule has 0 aliphatic carbocycles. The van der Waals surface area contributed by atoms with E-state index in [1.54, 1.807) is 36.0 Å². The number of hydrogen-bond acceptors (Lipinski definition) is 6. The molecule has 5 rings (SSSR count). The zero-order valence-electron chi connectivity index (χ0n) is 19.9. The Hall–Kier alpha value is -3.46. The van der Waals surface area contributed by atoms with Gasteiger partial charge in [-0.05, 0) is 60.7 Å². The normalized spacial score (nSPS) is 14.2. The first kappa shape index (κ1) is 24.2. The van der Waals surface area contributed by atoms with Crippen molar-refractivity contribution < 1.29 is 19.8 Å². The second kappa shape index (κ2) is 9.54. The molecular formula is C28H26N2O5S. The molecule has 2 amide bonds. The Morgan fingerprint density at radius 2 is 1.53 bits per heavy atom. The van der Waals surface area contributed by atoms with Crippen molar-refractivity contribution in [2.75, 3.05) is 25.2 Å². The molecule has 1 aromatic heterocycles. The van der Waals surface area contributed by atoms with Crippen molar-refractivity contribution in [3.05, 3.63) is 80.9 Å². The second-order valence-corrected chi connectivity index (χ2v) is 9.88. The Kier molecular flexibility index (Phi) is 6.42. The number of aliphatic hydroxyl groups is 2. The Labute approximate surface area is 211 Å². The number of hydrogen-bond donors (Lipinski definition) is 2. The lowest BCUT2D eigenvalue weighted by Gasteiger charge is -2.33. The maximum absolute atomic E-state index is 13.7. The van der Waals surface area contributed by atoms with Gasteiger partial charge in [-0.25, -0.2) is 0 Å². The van der Waals surface area contributed by atoms with Gasteiger partial charge >= 0.3 is 0 Å². The molecule has 0 spiro atoms. The number of amides is 2. The third-order valence-electron chi connectivity index (χ3n) is 6.90. The predicted octanol–water partition coefficient (Wildman–Crippen LogP) is 2.52. The molecule has 0 saturated carbocycles. The van der Waals surface area contributed by atoms with Crippen LogP contribution in [-0.4, -0.2) is 62.8 Å². The summed E-state index contributed by atoms with van der Waals surface area (Å²) in [6.07, 6.45) is 2.95. The number of carbonyl (C=O) groups excluding carboxylic acids is 2. The number of aliphatic hydroxyl groups excluding tert-OH is 2. The van der Waals surface area contributed by atoms with Crippen molar-refractivity contribution in [3.8, 4) is 5.69 Å². The fraction of sp³-hybridized carbons (Fsp3) is 0.250. The molecule has 0 saturated heterocycles. The van der Waals surface area contributed by atoms with Gasteiger partial charge in [-0.2, -0.15) is 11.8 Å². The minimum Gasteiger partial charge on any atom is -0.396 e. The monoisotopic (exact) mass is 502 g/mol. The molecule has 1 aliphatic heterocycles. The van der Waals surface area contributed by atoms with Gasteiger partial charge in [0, 0.05) is 50.3 Å². The first-order chi connectivity index (χ1) is 17.4. The third kappa shape index (κ3) is 3.64. The Morgan fingerprint density at radius 1 is 0.889 bits per heavy atom. The van der Waals surface area contributed by atoms with Crippen LogP contribution in [0.4, 0.5) is 0 Å². The Balaban J connectivity index is 1.72. The highest BCUT2D eigenvalue weighted by molar-refractivity contribution is 7.98. The van der Waals surface area contributed by atoms with Crippen LogP contribution in [0.3, 0.4) is 0 Å². The molecule has 0 radical (unpaired) electrons. The molecule has 1 unspecified atom stereocenters. The first-order valence-corrected chi connectivity index (χ1v) is 13.1. The van der Waals surface area contributed by atoms with Crippen molar-refractivity contribution in [3.63, 3.8) is 0 Å². The Bertz CT molecular complexity index is 1530. The van der Waals surface area contributed by atoms with E-state index in [9.17, 15) is 24.6 Å². The molecule has 7 nitrogen and oxygen atoms in total. The number of aromatic nitrogens is 1. The lowest BCUT2D eigenvalue weighted by atomic mass is 9.89. The van der Waals surface area contributed by atoms with E-state index in [1.807, 2.05) is 30.5 Å². The van der Waals surface area contributed by atoms with Gasteiger partial charge in [-0.1, -0.05) is 24.8 Å². The van der Waals surface area contributed by atoms with Crippen molar-refractivity contribution in [1.29, 1.82) is 0 Å². The van der Waals surface area contributed by atoms with Crippen LogP contribution in [0.15, 0.2) is 53.3 Å². The van der Waals surface area contributed by atoms with E-state index in [1.165, 1.54) is 4.57 Å². The molecule has 2 heterocycles. The van der Waals surface area contributed by atoms with Crippen LogP contribution in [-0.2, 0) is 6.42 Å². The van der Waals surface area contributed by atoms with Gasteiger partial charge in [0.25, 0.3) is 17.4 Å². The number of imide groups is 1. The summed E-state index contributed by atoms with van der Waals surface area (Å²) in [6.45, 7) is 3.92. The van der Waals surface area contributed by atoms with Gasteiger partial charge < -0.3 is 10.2 Å². The highest BCUT2D eigenvalue weighted by Gasteiger charge is 2.38. The van der Waals surface area contributed by atoms with E-state index in [2.05, 4.69) is 6.58 Å². The maximum atomic E-state index is 13.7. The SMILES string of the molecule is C=c1c2ccc3c4c(ccc(c(=O)n1-c1ccc(CCO)cc1)c42)C(=O)N(C(CO)CCSC)C3=O.